The van der Waals surface area contributed by atoms with E-state index in [2.05, 4.69) is 24.0 Å². The molecule has 2 nitrogen and oxygen atoms in total. The fourth-order valence-corrected chi connectivity index (χ4v) is 5.52. The first-order chi connectivity index (χ1) is 9.28. The van der Waals surface area contributed by atoms with Crippen LogP contribution < -0.4 is 5.32 Å². The average molecular weight is 285 g/mol. The Morgan fingerprint density at radius 2 is 1.84 bits per heavy atom. The molecule has 19 heavy (non-hydrogen) atoms. The van der Waals surface area contributed by atoms with Gasteiger partial charge in [0.05, 0.1) is 6.61 Å². The quantitative estimate of drug-likeness (QED) is 0.780. The van der Waals surface area contributed by atoms with Gasteiger partial charge in [-0.2, -0.15) is 11.8 Å². The first-order valence-corrected chi connectivity index (χ1v) is 9.23. The monoisotopic (exact) mass is 285 g/mol. The van der Waals surface area contributed by atoms with Crippen molar-refractivity contribution in [2.24, 2.45) is 0 Å². The van der Waals surface area contributed by atoms with Crippen LogP contribution in [0.15, 0.2) is 0 Å². The molecule has 2 atom stereocenters. The van der Waals surface area contributed by atoms with Crippen molar-refractivity contribution in [2.45, 2.75) is 87.2 Å². The van der Waals surface area contributed by atoms with E-state index >= 15 is 0 Å². The van der Waals surface area contributed by atoms with Gasteiger partial charge in [-0.3, -0.25) is 0 Å². The largest absolute Gasteiger partial charge is 0.394 e. The van der Waals surface area contributed by atoms with Gasteiger partial charge in [-0.15, -0.1) is 0 Å². The number of hydrogen-bond donors (Lipinski definition) is 2. The Kier molecular flexibility index (Phi) is 6.51. The predicted molar refractivity (Wildman–Crippen MR) is 84.8 cm³/mol. The third-order valence-electron chi connectivity index (χ3n) is 4.79. The molecule has 2 aliphatic rings. The molecular formula is C16H31NOS. The third-order valence-corrected chi connectivity index (χ3v) is 6.43. The summed E-state index contributed by atoms with van der Waals surface area (Å²) in [6, 6.07) is 0. The number of aliphatic hydroxyl groups is 1. The molecule has 0 aromatic rings. The molecule has 0 bridgehead atoms. The van der Waals surface area contributed by atoms with Crippen LogP contribution in [-0.2, 0) is 0 Å². The minimum absolute atomic E-state index is 0.0284. The topological polar surface area (TPSA) is 32.3 Å². The fraction of sp³-hybridized carbons (Fsp3) is 1.00. The lowest BCUT2D eigenvalue weighted by Crippen LogP contribution is -2.52. The van der Waals surface area contributed by atoms with E-state index in [0.29, 0.717) is 6.61 Å². The molecule has 3 heteroatoms. The molecule has 2 unspecified atom stereocenters. The van der Waals surface area contributed by atoms with E-state index in [4.69, 9.17) is 0 Å². The lowest BCUT2D eigenvalue weighted by molar-refractivity contribution is 0.124. The van der Waals surface area contributed by atoms with Crippen LogP contribution in [0.5, 0.6) is 0 Å². The molecule has 2 fully saturated rings. The van der Waals surface area contributed by atoms with Crippen LogP contribution >= 0.6 is 11.8 Å². The highest BCUT2D eigenvalue weighted by molar-refractivity contribution is 8.00. The molecule has 2 rings (SSSR count). The van der Waals surface area contributed by atoms with E-state index in [0.717, 1.165) is 29.9 Å². The summed E-state index contributed by atoms with van der Waals surface area (Å²) in [6.45, 7) is 3.56. The Bertz CT molecular complexity index is 255. The van der Waals surface area contributed by atoms with Crippen LogP contribution in [0.2, 0.25) is 0 Å². The lowest BCUT2D eigenvalue weighted by atomic mass is 9.82. The Hall–Kier alpha value is 0.270. The van der Waals surface area contributed by atoms with Crippen molar-refractivity contribution in [1.29, 1.82) is 0 Å². The van der Waals surface area contributed by atoms with Crippen LogP contribution in [0.1, 0.15) is 71.1 Å². The molecule has 0 heterocycles. The maximum absolute atomic E-state index is 9.82. The molecule has 0 aromatic heterocycles. The van der Waals surface area contributed by atoms with E-state index in [1.54, 1.807) is 0 Å². The van der Waals surface area contributed by atoms with E-state index in [-0.39, 0.29) is 5.54 Å². The summed E-state index contributed by atoms with van der Waals surface area (Å²) >= 11 is 2.24. The predicted octanol–water partition coefficient (Wildman–Crippen LogP) is 3.73. The first-order valence-electron chi connectivity index (χ1n) is 8.29. The van der Waals surface area contributed by atoms with Gasteiger partial charge in [0.15, 0.2) is 0 Å². The smallest absolute Gasteiger partial charge is 0.0613 e. The summed E-state index contributed by atoms with van der Waals surface area (Å²) in [7, 11) is 0. The van der Waals surface area contributed by atoms with Gasteiger partial charge in [0, 0.05) is 16.0 Å². The molecule has 0 radical (unpaired) electrons. The summed E-state index contributed by atoms with van der Waals surface area (Å²) in [6.07, 6.45) is 13.3. The summed E-state index contributed by atoms with van der Waals surface area (Å²) < 4.78 is 0. The molecule has 0 spiro atoms. The maximum Gasteiger partial charge on any atom is 0.0613 e. The molecule has 2 saturated carbocycles. The number of nitrogens with one attached hydrogen (secondary N) is 1. The molecule has 0 saturated heterocycles. The van der Waals surface area contributed by atoms with Crippen LogP contribution in [0.25, 0.3) is 0 Å². The zero-order chi connectivity index (χ0) is 13.6. The maximum atomic E-state index is 9.82. The molecule has 2 N–H and O–H groups in total. The minimum Gasteiger partial charge on any atom is -0.394 e. The molecular weight excluding hydrogens is 254 g/mol. The Labute approximate surface area is 123 Å². The zero-order valence-electron chi connectivity index (χ0n) is 12.5. The SMILES string of the molecule is CCCNC1(CO)CCCC(SC2CCCCC2)C1. The van der Waals surface area contributed by atoms with Crippen LogP contribution in [0, 0.1) is 0 Å². The number of aliphatic hydroxyl groups excluding tert-OH is 1. The van der Waals surface area contributed by atoms with Crippen molar-refractivity contribution < 1.29 is 5.11 Å². The third kappa shape index (κ3) is 4.64. The number of rotatable bonds is 6. The Balaban J connectivity index is 1.84. The van der Waals surface area contributed by atoms with E-state index in [9.17, 15) is 5.11 Å². The molecule has 0 aromatic carbocycles. The van der Waals surface area contributed by atoms with Crippen LogP contribution in [0.3, 0.4) is 0 Å². The van der Waals surface area contributed by atoms with Gasteiger partial charge in [-0.25, -0.2) is 0 Å². The van der Waals surface area contributed by atoms with Gasteiger partial charge in [-0.1, -0.05) is 32.6 Å². The summed E-state index contributed by atoms with van der Waals surface area (Å²) in [5, 5.41) is 15.1. The van der Waals surface area contributed by atoms with Gasteiger partial charge in [0.2, 0.25) is 0 Å². The first kappa shape index (κ1) is 15.7. The normalized spacial score (nSPS) is 33.5. The van der Waals surface area contributed by atoms with Gasteiger partial charge in [0.1, 0.15) is 0 Å². The van der Waals surface area contributed by atoms with Gasteiger partial charge >= 0.3 is 0 Å². The molecule has 2 aliphatic carbocycles. The van der Waals surface area contributed by atoms with Crippen molar-refractivity contribution in [3.63, 3.8) is 0 Å². The van der Waals surface area contributed by atoms with Crippen molar-refractivity contribution >= 4 is 11.8 Å². The van der Waals surface area contributed by atoms with Crippen molar-refractivity contribution in [1.82, 2.24) is 5.32 Å². The minimum atomic E-state index is 0.0284. The summed E-state index contributed by atoms with van der Waals surface area (Å²) in [5.74, 6) is 0. The van der Waals surface area contributed by atoms with Gasteiger partial charge in [0.25, 0.3) is 0 Å². The highest BCUT2D eigenvalue weighted by atomic mass is 32.2. The van der Waals surface area contributed by atoms with Crippen molar-refractivity contribution in [2.75, 3.05) is 13.2 Å². The molecule has 0 aliphatic heterocycles. The van der Waals surface area contributed by atoms with E-state index < -0.39 is 0 Å². The highest BCUT2D eigenvalue weighted by Gasteiger charge is 2.36. The fourth-order valence-electron chi connectivity index (χ4n) is 3.65. The van der Waals surface area contributed by atoms with Crippen LogP contribution in [0.4, 0.5) is 0 Å². The number of thioether (sulfide) groups is 1. The summed E-state index contributed by atoms with van der Waals surface area (Å²) in [4.78, 5) is 0. The van der Waals surface area contributed by atoms with Gasteiger partial charge < -0.3 is 10.4 Å². The van der Waals surface area contributed by atoms with E-state index in [1.807, 2.05) is 0 Å². The second-order valence-corrected chi connectivity index (χ2v) is 8.09. The highest BCUT2D eigenvalue weighted by Crippen LogP contribution is 2.40. The standard InChI is InChI=1S/C16H31NOS/c1-2-11-17-16(13-18)10-6-9-15(12-16)19-14-7-4-3-5-8-14/h14-15,17-18H,2-13H2,1H3. The van der Waals surface area contributed by atoms with Crippen molar-refractivity contribution in [3.05, 3.63) is 0 Å². The summed E-state index contributed by atoms with van der Waals surface area (Å²) in [5.41, 5.74) is 0.0284. The Morgan fingerprint density at radius 1 is 1.11 bits per heavy atom. The van der Waals surface area contributed by atoms with Crippen molar-refractivity contribution in [3.8, 4) is 0 Å². The second-order valence-electron chi connectivity index (χ2n) is 6.48. The Morgan fingerprint density at radius 3 is 2.53 bits per heavy atom. The molecule has 0 amide bonds. The van der Waals surface area contributed by atoms with Gasteiger partial charge in [-0.05, 0) is 45.1 Å². The molecule has 112 valence electrons. The average Bonchev–Trinajstić information content (AvgIpc) is 2.46. The van der Waals surface area contributed by atoms with Crippen LogP contribution in [-0.4, -0.2) is 34.3 Å². The second kappa shape index (κ2) is 7.90. The van der Waals surface area contributed by atoms with E-state index in [1.165, 1.54) is 51.4 Å². The lowest BCUT2D eigenvalue weighted by Gasteiger charge is -2.41. The zero-order valence-corrected chi connectivity index (χ0v) is 13.3. The number of hydrogen-bond acceptors (Lipinski definition) is 3.